The van der Waals surface area contributed by atoms with Crippen molar-refractivity contribution in [3.63, 3.8) is 0 Å². The van der Waals surface area contributed by atoms with Crippen LogP contribution in [0, 0.1) is 5.92 Å². The third kappa shape index (κ3) is 5.75. The molecule has 1 atom stereocenters. The number of ether oxygens (including phenoxy) is 2. The van der Waals surface area contributed by atoms with E-state index in [1.54, 1.807) is 36.5 Å². The molecule has 0 bridgehead atoms. The van der Waals surface area contributed by atoms with Crippen molar-refractivity contribution in [2.45, 2.75) is 39.2 Å². The van der Waals surface area contributed by atoms with E-state index in [2.05, 4.69) is 15.6 Å². The van der Waals surface area contributed by atoms with Crippen LogP contribution in [0.1, 0.15) is 44.7 Å². The number of aromatic hydroxyl groups is 1. The first kappa shape index (κ1) is 26.2. The predicted molar refractivity (Wildman–Crippen MR) is 137 cm³/mol. The molecule has 37 heavy (non-hydrogen) atoms. The van der Waals surface area contributed by atoms with Gasteiger partial charge < -0.3 is 29.3 Å². The van der Waals surface area contributed by atoms with Crippen molar-refractivity contribution in [3.05, 3.63) is 47.1 Å². The van der Waals surface area contributed by atoms with Crippen molar-refractivity contribution in [1.29, 1.82) is 0 Å². The molecule has 4 rings (SSSR count). The van der Waals surface area contributed by atoms with Crippen LogP contribution in [0.3, 0.4) is 0 Å². The van der Waals surface area contributed by atoms with Crippen LogP contribution in [0.5, 0.6) is 17.4 Å². The summed E-state index contributed by atoms with van der Waals surface area (Å²) >= 11 is 6.46. The monoisotopic (exact) mass is 529 g/mol. The quantitative estimate of drug-likeness (QED) is 0.352. The lowest BCUT2D eigenvalue weighted by Gasteiger charge is -2.21. The van der Waals surface area contributed by atoms with Gasteiger partial charge in [-0.2, -0.15) is 5.48 Å². The Bertz CT molecular complexity index is 1350. The van der Waals surface area contributed by atoms with Crippen molar-refractivity contribution in [3.8, 4) is 17.4 Å². The lowest BCUT2D eigenvalue weighted by Crippen LogP contribution is -2.28. The van der Waals surface area contributed by atoms with Crippen LogP contribution >= 0.6 is 11.6 Å². The summed E-state index contributed by atoms with van der Waals surface area (Å²) in [6.07, 6.45) is 3.07. The molecule has 1 fully saturated rings. The van der Waals surface area contributed by atoms with Gasteiger partial charge in [-0.05, 0) is 49.6 Å². The maximum Gasteiger partial charge on any atom is 0.329 e. The Kier molecular flexibility index (Phi) is 7.77. The zero-order chi connectivity index (χ0) is 26.7. The lowest BCUT2D eigenvalue weighted by molar-refractivity contribution is -0.156. The van der Waals surface area contributed by atoms with Gasteiger partial charge in [-0.3, -0.25) is 14.4 Å². The maximum atomic E-state index is 12.7. The van der Waals surface area contributed by atoms with E-state index in [1.165, 1.54) is 18.6 Å². The molecule has 3 aromatic rings. The molecule has 10 nitrogen and oxygen atoms in total. The van der Waals surface area contributed by atoms with E-state index in [9.17, 15) is 19.5 Å². The Morgan fingerprint density at radius 1 is 1.19 bits per heavy atom. The molecule has 0 saturated heterocycles. The number of hydrogen-bond donors (Lipinski definition) is 3. The number of amides is 2. The molecule has 0 radical (unpaired) electrons. The van der Waals surface area contributed by atoms with Crippen molar-refractivity contribution in [2.24, 2.45) is 5.92 Å². The highest BCUT2D eigenvalue weighted by molar-refractivity contribution is 6.36. The van der Waals surface area contributed by atoms with E-state index < -0.39 is 17.9 Å². The normalized spacial score (nSPS) is 13.6. The minimum atomic E-state index is -0.767. The molecule has 2 amide bonds. The van der Waals surface area contributed by atoms with Crippen molar-refractivity contribution in [2.75, 3.05) is 19.0 Å². The second-order valence-electron chi connectivity index (χ2n) is 8.69. The number of fused-ring (bicyclic) bond motifs is 1. The molecule has 2 aromatic carbocycles. The smallest absolute Gasteiger partial charge is 0.329 e. The minimum absolute atomic E-state index is 0.0380. The van der Waals surface area contributed by atoms with E-state index in [4.69, 9.17) is 21.1 Å². The fourth-order valence-corrected chi connectivity index (χ4v) is 4.31. The van der Waals surface area contributed by atoms with Gasteiger partial charge in [0, 0.05) is 24.4 Å². The van der Waals surface area contributed by atoms with Crippen molar-refractivity contribution in [1.82, 2.24) is 10.0 Å². The summed E-state index contributed by atoms with van der Waals surface area (Å²) in [4.78, 5) is 41.0. The number of carbonyl (C=O) groups is 3. The minimum Gasteiger partial charge on any atom is -0.494 e. The fourth-order valence-electron chi connectivity index (χ4n) is 4.10. The largest absolute Gasteiger partial charge is 0.494 e. The molecule has 3 N–H and O–H groups in total. The van der Waals surface area contributed by atoms with E-state index in [1.807, 2.05) is 6.92 Å². The zero-order valence-corrected chi connectivity index (χ0v) is 21.4. The number of nitrogens with one attached hydrogen (secondary N) is 2. The van der Waals surface area contributed by atoms with Gasteiger partial charge in [0.25, 0.3) is 5.91 Å². The SMILES string of the molecule is CCOc1cc([C@@H](CC(=O)NOC(C)=O)n2cc3c(Cl)ccc(NC(=O)C4CC4)c3c2O)ccc1OC. The van der Waals surface area contributed by atoms with Gasteiger partial charge in [-0.1, -0.05) is 17.7 Å². The number of rotatable bonds is 9. The van der Waals surface area contributed by atoms with Crippen LogP contribution in [0.25, 0.3) is 10.8 Å². The molecule has 1 heterocycles. The molecule has 196 valence electrons. The molecule has 1 aliphatic carbocycles. The van der Waals surface area contributed by atoms with Gasteiger partial charge in [0.15, 0.2) is 11.5 Å². The summed E-state index contributed by atoms with van der Waals surface area (Å²) in [5.41, 5.74) is 3.14. The van der Waals surface area contributed by atoms with Gasteiger partial charge >= 0.3 is 5.97 Å². The zero-order valence-electron chi connectivity index (χ0n) is 20.7. The average molecular weight is 530 g/mol. The second kappa shape index (κ2) is 11.0. The summed E-state index contributed by atoms with van der Waals surface area (Å²) in [6, 6.07) is 7.67. The Morgan fingerprint density at radius 2 is 1.95 bits per heavy atom. The molecule has 1 aromatic heterocycles. The van der Waals surface area contributed by atoms with Gasteiger partial charge in [-0.25, -0.2) is 0 Å². The summed E-state index contributed by atoms with van der Waals surface area (Å²) in [7, 11) is 1.52. The van der Waals surface area contributed by atoms with Gasteiger partial charge in [0.1, 0.15) is 0 Å². The summed E-state index contributed by atoms with van der Waals surface area (Å²) in [5.74, 6) is -0.663. The molecular weight excluding hydrogens is 502 g/mol. The van der Waals surface area contributed by atoms with Gasteiger partial charge in [0.2, 0.25) is 11.8 Å². The number of nitrogens with zero attached hydrogens (tertiary/aromatic N) is 1. The number of halogens is 1. The van der Waals surface area contributed by atoms with Crippen LogP contribution in [-0.4, -0.2) is 41.2 Å². The summed E-state index contributed by atoms with van der Waals surface area (Å²) < 4.78 is 12.6. The third-order valence-electron chi connectivity index (χ3n) is 6.03. The number of methoxy groups -OCH3 is 1. The highest BCUT2D eigenvalue weighted by Gasteiger charge is 2.31. The third-order valence-corrected chi connectivity index (χ3v) is 6.36. The molecule has 0 spiro atoms. The first-order chi connectivity index (χ1) is 17.7. The first-order valence-electron chi connectivity index (χ1n) is 11.8. The molecular formula is C26H28ClN3O7. The van der Waals surface area contributed by atoms with Crippen LogP contribution in [0.15, 0.2) is 36.5 Å². The van der Waals surface area contributed by atoms with E-state index in [0.717, 1.165) is 12.8 Å². The average Bonchev–Trinajstić information content (AvgIpc) is 3.67. The van der Waals surface area contributed by atoms with E-state index in [-0.39, 0.29) is 24.1 Å². The Morgan fingerprint density at radius 3 is 2.59 bits per heavy atom. The highest BCUT2D eigenvalue weighted by Crippen LogP contribution is 2.43. The van der Waals surface area contributed by atoms with Crippen LogP contribution < -0.4 is 20.3 Å². The standard InChI is InChI=1S/C26H28ClN3O7/c1-4-36-22-11-16(7-10-21(22)35-3)20(12-23(32)29-37-14(2)31)30-13-17-18(27)8-9-19(24(17)26(30)34)28-25(33)15-5-6-15/h7-11,13,15,20,34H,4-6,12H2,1-3H3,(H,28,33)(H,29,32)/t20-/m1/s1. The summed E-state index contributed by atoms with van der Waals surface area (Å²) in [5, 5.41) is 15.5. The Balaban J connectivity index is 1.81. The Hall–Kier alpha value is -3.92. The Labute approximate surface area is 218 Å². The van der Waals surface area contributed by atoms with E-state index in [0.29, 0.717) is 45.2 Å². The number of hydrogen-bond acceptors (Lipinski definition) is 7. The molecule has 11 heteroatoms. The van der Waals surface area contributed by atoms with E-state index >= 15 is 0 Å². The second-order valence-corrected chi connectivity index (χ2v) is 9.10. The fraction of sp³-hybridized carbons (Fsp3) is 0.346. The number of anilines is 1. The highest BCUT2D eigenvalue weighted by atomic mass is 35.5. The van der Waals surface area contributed by atoms with Gasteiger partial charge in [0.05, 0.1) is 42.3 Å². The summed E-state index contributed by atoms with van der Waals surface area (Å²) in [6.45, 7) is 3.38. The number of hydroxylamine groups is 1. The first-order valence-corrected chi connectivity index (χ1v) is 12.2. The van der Waals surface area contributed by atoms with Crippen LogP contribution in [0.4, 0.5) is 5.69 Å². The van der Waals surface area contributed by atoms with Crippen molar-refractivity contribution >= 4 is 45.8 Å². The molecule has 1 saturated carbocycles. The topological polar surface area (TPSA) is 128 Å². The van der Waals surface area contributed by atoms with Gasteiger partial charge in [-0.15, -0.1) is 0 Å². The predicted octanol–water partition coefficient (Wildman–Crippen LogP) is 4.33. The molecule has 0 unspecified atom stereocenters. The maximum absolute atomic E-state index is 12.7. The lowest BCUT2D eigenvalue weighted by atomic mass is 10.0. The van der Waals surface area contributed by atoms with Crippen molar-refractivity contribution < 1.29 is 33.8 Å². The number of aromatic nitrogens is 1. The van der Waals surface area contributed by atoms with Crippen LogP contribution in [0.2, 0.25) is 5.02 Å². The molecule has 0 aliphatic heterocycles. The number of carbonyl (C=O) groups excluding carboxylic acids is 3. The van der Waals surface area contributed by atoms with Crippen LogP contribution in [-0.2, 0) is 19.2 Å². The number of benzene rings is 2. The molecule has 1 aliphatic rings.